The molecule has 0 aromatic rings. The van der Waals surface area contributed by atoms with Crippen molar-refractivity contribution in [2.75, 3.05) is 26.3 Å². The first kappa shape index (κ1) is 17.0. The molecular formula is C15H17FeNO2+2. The van der Waals surface area contributed by atoms with Crippen LogP contribution < -0.4 is 0 Å². The van der Waals surface area contributed by atoms with E-state index in [1.807, 2.05) is 62.7 Å². The summed E-state index contributed by atoms with van der Waals surface area (Å²) in [7, 11) is 0. The predicted molar refractivity (Wildman–Crippen MR) is 69.3 cm³/mol. The summed E-state index contributed by atoms with van der Waals surface area (Å²) in [6, 6.07) is 0. The summed E-state index contributed by atoms with van der Waals surface area (Å²) in [5, 5.41) is 0. The van der Waals surface area contributed by atoms with Gasteiger partial charge in [0.2, 0.25) is 5.91 Å². The molecular weight excluding hydrogens is 282 g/mol. The van der Waals surface area contributed by atoms with Crippen molar-refractivity contribution < 1.29 is 26.6 Å². The van der Waals surface area contributed by atoms with E-state index in [1.54, 1.807) is 0 Å². The summed E-state index contributed by atoms with van der Waals surface area (Å²) < 4.78 is 5.17. The Kier molecular flexibility index (Phi) is 8.76. The Morgan fingerprint density at radius 2 is 1.37 bits per heavy atom. The second-order valence-corrected chi connectivity index (χ2v) is 4.04. The number of nitrogens with zero attached hydrogens (tertiary/aromatic N) is 1. The molecule has 3 rings (SSSR count). The molecule has 1 heterocycles. The van der Waals surface area contributed by atoms with Gasteiger partial charge in [-0.1, -0.05) is 0 Å². The fourth-order valence-electron chi connectivity index (χ4n) is 1.79. The van der Waals surface area contributed by atoms with E-state index in [0.29, 0.717) is 26.3 Å². The first-order valence-electron chi connectivity index (χ1n) is 6.13. The van der Waals surface area contributed by atoms with E-state index in [0.717, 1.165) is 5.92 Å². The molecule has 0 N–H and O–H groups in total. The zero-order chi connectivity index (χ0) is 12.6. The molecule has 4 heteroatoms. The zero-order valence-corrected chi connectivity index (χ0v) is 11.7. The van der Waals surface area contributed by atoms with Crippen molar-refractivity contribution in [1.82, 2.24) is 4.90 Å². The van der Waals surface area contributed by atoms with Crippen LogP contribution in [0.4, 0.5) is 0 Å². The molecule has 2 aliphatic carbocycles. The maximum atomic E-state index is 11.7. The van der Waals surface area contributed by atoms with Gasteiger partial charge in [-0.2, -0.15) is 0 Å². The third-order valence-corrected chi connectivity index (χ3v) is 2.76. The van der Waals surface area contributed by atoms with Gasteiger partial charge in [0.15, 0.2) is 0 Å². The Hall–Kier alpha value is -0.0505. The zero-order valence-electron chi connectivity index (χ0n) is 10.6. The number of morpholine rings is 1. The first-order chi connectivity index (χ1) is 8.88. The fourth-order valence-corrected chi connectivity index (χ4v) is 1.79. The third-order valence-electron chi connectivity index (χ3n) is 2.76. The molecule has 0 bridgehead atoms. The largest absolute Gasteiger partial charge is 2.00 e. The monoisotopic (exact) mass is 299 g/mol. The standard InChI is InChI=1S/C10H12NO2.C5H5.Fe/c12-10(9-3-1-2-4-9)11-5-7-13-8-6-11;1-2-4-5-3-1;/h1-4H,5-8H2;1-5H;/q;;+2. The minimum absolute atomic E-state index is 0. The second kappa shape index (κ2) is 9.79. The van der Waals surface area contributed by atoms with E-state index >= 15 is 0 Å². The van der Waals surface area contributed by atoms with E-state index < -0.39 is 0 Å². The van der Waals surface area contributed by atoms with E-state index in [1.165, 1.54) is 0 Å². The van der Waals surface area contributed by atoms with Gasteiger partial charge in [-0.25, -0.2) is 0 Å². The van der Waals surface area contributed by atoms with Crippen molar-refractivity contribution >= 4 is 5.91 Å². The van der Waals surface area contributed by atoms with Crippen molar-refractivity contribution in [2.24, 2.45) is 0 Å². The van der Waals surface area contributed by atoms with Crippen LogP contribution in [0.1, 0.15) is 0 Å². The molecule has 100 valence electrons. The van der Waals surface area contributed by atoms with Crippen molar-refractivity contribution in [1.29, 1.82) is 0 Å². The number of hydrogen-bond donors (Lipinski definition) is 0. The van der Waals surface area contributed by atoms with E-state index in [-0.39, 0.29) is 23.0 Å². The summed E-state index contributed by atoms with van der Waals surface area (Å²) in [5.41, 5.74) is 0. The number of hydrogen-bond acceptors (Lipinski definition) is 2. The molecule has 19 heavy (non-hydrogen) atoms. The van der Waals surface area contributed by atoms with Crippen LogP contribution in [0.25, 0.3) is 0 Å². The minimum Gasteiger partial charge on any atom is -0.378 e. The van der Waals surface area contributed by atoms with Gasteiger partial charge in [0.05, 0.1) is 19.1 Å². The van der Waals surface area contributed by atoms with Crippen molar-refractivity contribution in [3.05, 3.63) is 63.7 Å². The Bertz CT molecular complexity index is 237. The Morgan fingerprint density at radius 3 is 1.84 bits per heavy atom. The quantitative estimate of drug-likeness (QED) is 0.683. The predicted octanol–water partition coefficient (Wildman–Crippen LogP) is 1.27. The van der Waals surface area contributed by atoms with Crippen LogP contribution in [-0.2, 0) is 26.6 Å². The maximum absolute atomic E-state index is 11.7. The van der Waals surface area contributed by atoms with Crippen molar-refractivity contribution in [2.45, 2.75) is 0 Å². The van der Waals surface area contributed by atoms with Crippen LogP contribution >= 0.6 is 0 Å². The number of carbonyl (C=O) groups is 1. The van der Waals surface area contributed by atoms with Gasteiger partial charge in [-0.05, 0) is 57.8 Å². The van der Waals surface area contributed by atoms with E-state index in [4.69, 9.17) is 4.74 Å². The molecule has 3 nitrogen and oxygen atoms in total. The molecule has 1 amide bonds. The van der Waals surface area contributed by atoms with Crippen LogP contribution in [-0.4, -0.2) is 37.1 Å². The van der Waals surface area contributed by atoms with Crippen LogP contribution in [0.5, 0.6) is 0 Å². The number of carbonyl (C=O) groups excluding carboxylic acids is 1. The summed E-state index contributed by atoms with van der Waals surface area (Å²) >= 11 is 0. The first-order valence-corrected chi connectivity index (χ1v) is 6.13. The van der Waals surface area contributed by atoms with Crippen molar-refractivity contribution in [3.8, 4) is 0 Å². The Morgan fingerprint density at radius 1 is 0.895 bits per heavy atom. The third kappa shape index (κ3) is 5.85. The van der Waals surface area contributed by atoms with Crippen LogP contribution in [0.15, 0.2) is 0 Å². The normalized spacial score (nSPS) is 23.5. The van der Waals surface area contributed by atoms with Gasteiger partial charge in [-0.15, -0.1) is 0 Å². The molecule has 0 aromatic heterocycles. The molecule has 2 saturated carbocycles. The number of rotatable bonds is 1. The van der Waals surface area contributed by atoms with Gasteiger partial charge in [0.25, 0.3) is 0 Å². The Labute approximate surface area is 127 Å². The molecule has 3 fully saturated rings. The van der Waals surface area contributed by atoms with E-state index in [9.17, 15) is 4.79 Å². The topological polar surface area (TPSA) is 29.5 Å². The average molecular weight is 299 g/mol. The smallest absolute Gasteiger partial charge is 0.378 e. The molecule has 10 radical (unpaired) electrons. The molecule has 1 saturated heterocycles. The van der Waals surface area contributed by atoms with Crippen LogP contribution in [0, 0.1) is 63.7 Å². The summed E-state index contributed by atoms with van der Waals surface area (Å²) in [4.78, 5) is 13.6. The fraction of sp³-hybridized carbons (Fsp3) is 0.267. The van der Waals surface area contributed by atoms with Gasteiger partial charge >= 0.3 is 17.1 Å². The molecule has 3 aliphatic rings. The second-order valence-electron chi connectivity index (χ2n) is 4.04. The summed E-state index contributed by atoms with van der Waals surface area (Å²) in [5.74, 6) is 0.898. The molecule has 0 aromatic carbocycles. The molecule has 1 aliphatic heterocycles. The van der Waals surface area contributed by atoms with Gasteiger partial charge < -0.3 is 9.64 Å². The summed E-state index contributed by atoms with van der Waals surface area (Å²) in [6.45, 7) is 2.74. The SMILES string of the molecule is O=C([C]1[CH][CH][CH][CH]1)N1CCOCC1.[CH]1[CH][CH][CH][CH]1.[Fe+2]. The van der Waals surface area contributed by atoms with Crippen LogP contribution in [0.2, 0.25) is 0 Å². The number of amides is 1. The van der Waals surface area contributed by atoms with Gasteiger partial charge in [-0.3, -0.25) is 4.79 Å². The summed E-state index contributed by atoms with van der Waals surface area (Å²) in [6.07, 6.45) is 17.5. The van der Waals surface area contributed by atoms with Crippen molar-refractivity contribution in [3.63, 3.8) is 0 Å². The Balaban J connectivity index is 0.000000256. The minimum atomic E-state index is 0. The molecule has 0 spiro atoms. The average Bonchev–Trinajstić information content (AvgIpc) is 3.14. The molecule has 0 unspecified atom stereocenters. The van der Waals surface area contributed by atoms with Gasteiger partial charge in [0.1, 0.15) is 0 Å². The maximum Gasteiger partial charge on any atom is 2.00 e. The van der Waals surface area contributed by atoms with E-state index in [2.05, 4.69) is 0 Å². The van der Waals surface area contributed by atoms with Gasteiger partial charge in [0, 0.05) is 13.1 Å². The van der Waals surface area contributed by atoms with Crippen LogP contribution in [0.3, 0.4) is 0 Å². The molecule has 0 atom stereocenters. The number of ether oxygens (including phenoxy) is 1.